The third kappa shape index (κ3) is 2.57. The summed E-state index contributed by atoms with van der Waals surface area (Å²) >= 11 is 2.35. The van der Waals surface area contributed by atoms with Gasteiger partial charge in [0, 0.05) is 12.5 Å². The highest BCUT2D eigenvalue weighted by atomic mass is 127. The largest absolute Gasteiger partial charge is 0.449 e. The van der Waals surface area contributed by atoms with E-state index in [1.807, 2.05) is 0 Å². The molecule has 2 aliphatic heterocycles. The number of cyclic esters (lactones) is 1. The van der Waals surface area contributed by atoms with E-state index in [1.54, 1.807) is 6.08 Å². The summed E-state index contributed by atoms with van der Waals surface area (Å²) in [6.07, 6.45) is 5.72. The highest BCUT2D eigenvalue weighted by Crippen LogP contribution is 2.33. The molecule has 90 valence electrons. The van der Waals surface area contributed by atoms with Gasteiger partial charge in [0.15, 0.2) is 6.10 Å². The molecule has 2 rings (SSSR count). The van der Waals surface area contributed by atoms with Gasteiger partial charge >= 0.3 is 5.97 Å². The summed E-state index contributed by atoms with van der Waals surface area (Å²) in [5.41, 5.74) is 0. The number of hydrogen-bond acceptors (Lipinski definition) is 4. The molecular weight excluding hydrogens is 323 g/mol. The van der Waals surface area contributed by atoms with Crippen molar-refractivity contribution in [2.24, 2.45) is 0 Å². The fourth-order valence-electron chi connectivity index (χ4n) is 1.99. The molecule has 0 aromatic heterocycles. The molecule has 4 nitrogen and oxygen atoms in total. The van der Waals surface area contributed by atoms with Crippen LogP contribution in [0.2, 0.25) is 0 Å². The molecule has 5 heteroatoms. The maximum atomic E-state index is 11.1. The molecule has 0 radical (unpaired) electrons. The van der Waals surface area contributed by atoms with E-state index >= 15 is 0 Å². The predicted molar refractivity (Wildman–Crippen MR) is 66.4 cm³/mol. The zero-order valence-corrected chi connectivity index (χ0v) is 11.1. The van der Waals surface area contributed by atoms with Gasteiger partial charge < -0.3 is 14.2 Å². The third-order valence-corrected chi connectivity index (χ3v) is 3.53. The predicted octanol–water partition coefficient (Wildman–Crippen LogP) is 1.82. The van der Waals surface area contributed by atoms with Crippen LogP contribution in [-0.2, 0) is 19.0 Å². The van der Waals surface area contributed by atoms with Crippen molar-refractivity contribution in [3.8, 4) is 0 Å². The molecule has 0 saturated carbocycles. The summed E-state index contributed by atoms with van der Waals surface area (Å²) in [5, 5.41) is 0. The summed E-state index contributed by atoms with van der Waals surface area (Å²) in [4.78, 5) is 11.1. The van der Waals surface area contributed by atoms with Gasteiger partial charge in [0.05, 0.1) is 13.2 Å². The second kappa shape index (κ2) is 5.46. The third-order valence-electron chi connectivity index (χ3n) is 2.77. The van der Waals surface area contributed by atoms with Gasteiger partial charge in [-0.05, 0) is 23.3 Å². The molecule has 16 heavy (non-hydrogen) atoms. The number of ether oxygens (including phenoxy) is 3. The minimum absolute atomic E-state index is 0.308. The maximum absolute atomic E-state index is 11.1. The Morgan fingerprint density at radius 1 is 1.38 bits per heavy atom. The van der Waals surface area contributed by atoms with E-state index in [-0.39, 0.29) is 12.1 Å². The van der Waals surface area contributed by atoms with Crippen LogP contribution in [-0.4, -0.2) is 35.5 Å². The van der Waals surface area contributed by atoms with Crippen LogP contribution in [0.4, 0.5) is 0 Å². The quantitative estimate of drug-likeness (QED) is 0.332. The van der Waals surface area contributed by atoms with Crippen molar-refractivity contribution in [2.75, 3.05) is 17.6 Å². The van der Waals surface area contributed by atoms with Gasteiger partial charge in [-0.1, -0.05) is 22.6 Å². The number of carbonyl (C=O) groups is 1. The Bertz CT molecular complexity index is 284. The Labute approximate surface area is 108 Å². The fraction of sp³-hybridized carbons (Fsp3) is 0.727. The number of rotatable bonds is 5. The van der Waals surface area contributed by atoms with E-state index < -0.39 is 5.79 Å². The zero-order chi connectivity index (χ0) is 11.4. The second-order valence-electron chi connectivity index (χ2n) is 3.87. The van der Waals surface area contributed by atoms with E-state index in [1.165, 1.54) is 6.08 Å². The molecule has 0 spiro atoms. The van der Waals surface area contributed by atoms with Crippen LogP contribution in [0, 0.1) is 0 Å². The Kier molecular flexibility index (Phi) is 4.21. The molecule has 0 aromatic rings. The molecule has 1 atom stereocenters. The van der Waals surface area contributed by atoms with Crippen molar-refractivity contribution < 1.29 is 19.0 Å². The lowest BCUT2D eigenvalue weighted by Gasteiger charge is -2.31. The summed E-state index contributed by atoms with van der Waals surface area (Å²) in [7, 11) is 0. The lowest BCUT2D eigenvalue weighted by Crippen LogP contribution is -2.43. The van der Waals surface area contributed by atoms with Crippen molar-refractivity contribution in [3.05, 3.63) is 12.2 Å². The molecule has 0 aromatic carbocycles. The molecule has 0 bridgehead atoms. The standard InChI is InChI=1S/C11H15IO4/c12-6-2-1-5-11(14-7-8-15-11)9-3-4-10(13)16-9/h3-4,9H,1-2,5-8H2. The summed E-state index contributed by atoms with van der Waals surface area (Å²) in [5.74, 6) is -1.04. The molecule has 0 aliphatic carbocycles. The molecule has 2 heterocycles. The van der Waals surface area contributed by atoms with Crippen molar-refractivity contribution in [1.29, 1.82) is 0 Å². The highest BCUT2D eigenvalue weighted by Gasteiger charge is 2.46. The number of carbonyl (C=O) groups excluding carboxylic acids is 1. The molecule has 1 unspecified atom stereocenters. The van der Waals surface area contributed by atoms with Crippen LogP contribution < -0.4 is 0 Å². The van der Waals surface area contributed by atoms with Gasteiger partial charge in [0.1, 0.15) is 0 Å². The van der Waals surface area contributed by atoms with Crippen LogP contribution in [0.3, 0.4) is 0 Å². The van der Waals surface area contributed by atoms with E-state index in [2.05, 4.69) is 22.6 Å². The van der Waals surface area contributed by atoms with E-state index in [0.717, 1.165) is 23.7 Å². The number of halogens is 1. The first kappa shape index (κ1) is 12.3. The van der Waals surface area contributed by atoms with Crippen molar-refractivity contribution >= 4 is 28.6 Å². The Morgan fingerprint density at radius 2 is 2.12 bits per heavy atom. The van der Waals surface area contributed by atoms with Gasteiger partial charge in [-0.15, -0.1) is 0 Å². The number of esters is 1. The van der Waals surface area contributed by atoms with Gasteiger partial charge in [-0.25, -0.2) is 4.79 Å². The van der Waals surface area contributed by atoms with Crippen LogP contribution in [0.5, 0.6) is 0 Å². The summed E-state index contributed by atoms with van der Waals surface area (Å²) in [6.45, 7) is 1.15. The normalized spacial score (nSPS) is 27.3. The minimum Gasteiger partial charge on any atom is -0.449 e. The van der Waals surface area contributed by atoms with E-state index in [0.29, 0.717) is 13.2 Å². The molecule has 1 saturated heterocycles. The van der Waals surface area contributed by atoms with Crippen LogP contribution >= 0.6 is 22.6 Å². The Hall–Kier alpha value is -0.140. The SMILES string of the molecule is O=C1C=CC(C2(CCCCI)OCCO2)O1. The summed E-state index contributed by atoms with van der Waals surface area (Å²) < 4.78 is 17.6. The van der Waals surface area contributed by atoms with E-state index in [9.17, 15) is 4.79 Å². The van der Waals surface area contributed by atoms with Gasteiger partial charge in [-0.2, -0.15) is 0 Å². The Morgan fingerprint density at radius 3 is 2.69 bits per heavy atom. The van der Waals surface area contributed by atoms with Crippen molar-refractivity contribution in [1.82, 2.24) is 0 Å². The first-order chi connectivity index (χ1) is 7.77. The van der Waals surface area contributed by atoms with Crippen molar-refractivity contribution in [3.63, 3.8) is 0 Å². The zero-order valence-electron chi connectivity index (χ0n) is 8.99. The summed E-state index contributed by atoms with van der Waals surface area (Å²) in [6, 6.07) is 0. The van der Waals surface area contributed by atoms with E-state index in [4.69, 9.17) is 14.2 Å². The lowest BCUT2D eigenvalue weighted by molar-refractivity contribution is -0.218. The first-order valence-electron chi connectivity index (χ1n) is 5.49. The van der Waals surface area contributed by atoms with Gasteiger partial charge in [0.25, 0.3) is 0 Å². The molecule has 2 aliphatic rings. The van der Waals surface area contributed by atoms with Crippen LogP contribution in [0.1, 0.15) is 19.3 Å². The minimum atomic E-state index is -0.728. The topological polar surface area (TPSA) is 44.8 Å². The molecule has 1 fully saturated rings. The van der Waals surface area contributed by atoms with Gasteiger partial charge in [0.2, 0.25) is 5.79 Å². The maximum Gasteiger partial charge on any atom is 0.331 e. The van der Waals surface area contributed by atoms with Crippen molar-refractivity contribution in [2.45, 2.75) is 31.2 Å². The van der Waals surface area contributed by atoms with Gasteiger partial charge in [-0.3, -0.25) is 0 Å². The number of unbranched alkanes of at least 4 members (excludes halogenated alkanes) is 1. The highest BCUT2D eigenvalue weighted by molar-refractivity contribution is 14.1. The average Bonchev–Trinajstić information content (AvgIpc) is 2.88. The second-order valence-corrected chi connectivity index (χ2v) is 4.95. The molecule has 0 amide bonds. The average molecular weight is 338 g/mol. The number of alkyl halides is 1. The Balaban J connectivity index is 1.98. The first-order valence-corrected chi connectivity index (χ1v) is 7.02. The fourth-order valence-corrected chi connectivity index (χ4v) is 2.53. The van der Waals surface area contributed by atoms with Crippen LogP contribution in [0.25, 0.3) is 0 Å². The van der Waals surface area contributed by atoms with Crippen LogP contribution in [0.15, 0.2) is 12.2 Å². The lowest BCUT2D eigenvalue weighted by atomic mass is 10.0. The smallest absolute Gasteiger partial charge is 0.331 e. The molecular formula is C11H15IO4. The molecule has 0 N–H and O–H groups in total. The number of hydrogen-bond donors (Lipinski definition) is 0. The monoisotopic (exact) mass is 338 g/mol.